The number of carbonyl (C=O) groups excluding carboxylic acids is 2. The van der Waals surface area contributed by atoms with Crippen molar-refractivity contribution in [3.05, 3.63) is 0 Å². The second kappa shape index (κ2) is 6.07. The third-order valence-corrected chi connectivity index (χ3v) is 9.88. The van der Waals surface area contributed by atoms with Gasteiger partial charge in [0.25, 0.3) is 0 Å². The molecule has 0 aromatic heterocycles. The lowest BCUT2D eigenvalue weighted by Gasteiger charge is -2.60. The van der Waals surface area contributed by atoms with E-state index < -0.39 is 0 Å². The molecule has 0 bridgehead atoms. The minimum Gasteiger partial charge on any atom is -0.462 e. The number of ketones is 1. The normalized spacial score (nSPS) is 52.1. The molecule has 4 aliphatic carbocycles. The van der Waals surface area contributed by atoms with E-state index in [9.17, 15) is 9.59 Å². The average molecular weight is 411 g/mol. The van der Waals surface area contributed by atoms with Crippen LogP contribution in [0.1, 0.15) is 72.1 Å². The zero-order chi connectivity index (χ0) is 18.0. The summed E-state index contributed by atoms with van der Waals surface area (Å²) in [5, 5.41) is 0. The van der Waals surface area contributed by atoms with Gasteiger partial charge in [0.05, 0.1) is 4.83 Å². The van der Waals surface area contributed by atoms with Crippen LogP contribution in [0.25, 0.3) is 0 Å². The van der Waals surface area contributed by atoms with Crippen molar-refractivity contribution in [2.24, 2.45) is 34.5 Å². The van der Waals surface area contributed by atoms with Crippen molar-refractivity contribution in [2.75, 3.05) is 0 Å². The van der Waals surface area contributed by atoms with Crippen LogP contribution in [0.3, 0.4) is 0 Å². The molecule has 0 saturated heterocycles. The third kappa shape index (κ3) is 2.56. The summed E-state index contributed by atoms with van der Waals surface area (Å²) in [6, 6.07) is 0. The van der Waals surface area contributed by atoms with Crippen LogP contribution >= 0.6 is 15.9 Å². The third-order valence-electron chi connectivity index (χ3n) is 8.73. The smallest absolute Gasteiger partial charge is 0.302 e. The molecule has 0 aromatic carbocycles. The van der Waals surface area contributed by atoms with E-state index >= 15 is 0 Å². The van der Waals surface area contributed by atoms with Crippen LogP contribution in [0, 0.1) is 34.5 Å². The summed E-state index contributed by atoms with van der Waals surface area (Å²) < 4.78 is 5.74. The highest BCUT2D eigenvalue weighted by Crippen LogP contribution is 2.66. The molecule has 8 atom stereocenters. The maximum atomic E-state index is 12.2. The Labute approximate surface area is 159 Å². The van der Waals surface area contributed by atoms with Gasteiger partial charge in [-0.25, -0.2) is 0 Å². The molecule has 0 aromatic rings. The number of hydrogen-bond donors (Lipinski definition) is 0. The Balaban J connectivity index is 1.60. The van der Waals surface area contributed by atoms with E-state index in [1.807, 2.05) is 0 Å². The lowest BCUT2D eigenvalue weighted by Crippen LogP contribution is -2.56. The standard InChI is InChI=1S/C21H31BrO3/c1-12(23)25-18-7-6-14-13-4-5-16-19(22)17(24)9-11-20(16,2)15(13)8-10-21(14,18)3/h13-16,18-19H,4-11H2,1-3H3/t13-,14-,15-,16+,18+,19-,20+,21-/m0/s1. The maximum absolute atomic E-state index is 12.2. The van der Waals surface area contributed by atoms with E-state index in [-0.39, 0.29) is 22.3 Å². The Bertz CT molecular complexity index is 590. The van der Waals surface area contributed by atoms with Gasteiger partial charge in [0.2, 0.25) is 0 Å². The van der Waals surface area contributed by atoms with Crippen LogP contribution in [-0.2, 0) is 14.3 Å². The highest BCUT2D eigenvalue weighted by Gasteiger charge is 2.62. The number of ether oxygens (including phenoxy) is 1. The quantitative estimate of drug-likeness (QED) is 0.455. The number of fused-ring (bicyclic) bond motifs is 5. The molecule has 0 N–H and O–H groups in total. The number of Topliss-reactive ketones (excluding diaryl/α,β-unsaturated/α-hetero) is 1. The molecule has 0 heterocycles. The zero-order valence-electron chi connectivity index (χ0n) is 15.7. The van der Waals surface area contributed by atoms with Crippen molar-refractivity contribution in [1.82, 2.24) is 0 Å². The fourth-order valence-corrected chi connectivity index (χ4v) is 8.53. The Morgan fingerprint density at radius 3 is 2.40 bits per heavy atom. The summed E-state index contributed by atoms with van der Waals surface area (Å²) in [5.41, 5.74) is 0.458. The van der Waals surface area contributed by atoms with Crippen molar-refractivity contribution in [3.8, 4) is 0 Å². The van der Waals surface area contributed by atoms with Gasteiger partial charge >= 0.3 is 5.97 Å². The van der Waals surface area contributed by atoms with Crippen LogP contribution in [-0.4, -0.2) is 22.7 Å². The number of carbonyl (C=O) groups is 2. The molecular weight excluding hydrogens is 380 g/mol. The van der Waals surface area contributed by atoms with Crippen molar-refractivity contribution >= 4 is 27.7 Å². The molecule has 4 aliphatic rings. The van der Waals surface area contributed by atoms with Crippen LogP contribution in [0.2, 0.25) is 0 Å². The number of halogens is 1. The Morgan fingerprint density at radius 2 is 1.68 bits per heavy atom. The lowest BCUT2D eigenvalue weighted by atomic mass is 9.45. The summed E-state index contributed by atoms with van der Waals surface area (Å²) in [4.78, 5) is 23.8. The van der Waals surface area contributed by atoms with Crippen molar-refractivity contribution in [1.29, 1.82) is 0 Å². The highest BCUT2D eigenvalue weighted by atomic mass is 79.9. The molecule has 4 rings (SSSR count). The van der Waals surface area contributed by atoms with Crippen LogP contribution < -0.4 is 0 Å². The van der Waals surface area contributed by atoms with Gasteiger partial charge in [-0.05, 0) is 74.0 Å². The molecule has 0 aliphatic heterocycles. The van der Waals surface area contributed by atoms with E-state index in [1.165, 1.54) is 32.1 Å². The van der Waals surface area contributed by atoms with Gasteiger partial charge < -0.3 is 4.74 Å². The van der Waals surface area contributed by atoms with Gasteiger partial charge in [0.15, 0.2) is 0 Å². The van der Waals surface area contributed by atoms with E-state index in [1.54, 1.807) is 6.92 Å². The summed E-state index contributed by atoms with van der Waals surface area (Å²) in [6.45, 7) is 6.39. The molecule has 25 heavy (non-hydrogen) atoms. The highest BCUT2D eigenvalue weighted by molar-refractivity contribution is 9.10. The second-order valence-corrected chi connectivity index (χ2v) is 10.6. The molecule has 0 spiro atoms. The van der Waals surface area contributed by atoms with Crippen molar-refractivity contribution < 1.29 is 14.3 Å². The van der Waals surface area contributed by atoms with Gasteiger partial charge in [-0.3, -0.25) is 9.59 Å². The predicted molar refractivity (Wildman–Crippen MR) is 100 cm³/mol. The summed E-state index contributed by atoms with van der Waals surface area (Å²) in [5.74, 6) is 2.95. The van der Waals surface area contributed by atoms with Crippen LogP contribution in [0.5, 0.6) is 0 Å². The largest absolute Gasteiger partial charge is 0.462 e. The Morgan fingerprint density at radius 1 is 1.00 bits per heavy atom. The van der Waals surface area contributed by atoms with Gasteiger partial charge in [0.1, 0.15) is 11.9 Å². The van der Waals surface area contributed by atoms with Crippen molar-refractivity contribution in [2.45, 2.75) is 83.1 Å². The average Bonchev–Trinajstić information content (AvgIpc) is 2.88. The van der Waals surface area contributed by atoms with Gasteiger partial charge in [0, 0.05) is 18.8 Å². The minimum atomic E-state index is -0.127. The fourth-order valence-electron chi connectivity index (χ4n) is 7.44. The number of rotatable bonds is 1. The van der Waals surface area contributed by atoms with Gasteiger partial charge in [-0.15, -0.1) is 0 Å². The fraction of sp³-hybridized carbons (Fsp3) is 0.905. The first kappa shape index (κ1) is 18.0. The van der Waals surface area contributed by atoms with Gasteiger partial charge in [-0.1, -0.05) is 29.8 Å². The van der Waals surface area contributed by atoms with Crippen LogP contribution in [0.15, 0.2) is 0 Å². The molecule has 0 amide bonds. The SMILES string of the molecule is CC(=O)O[C@@H]1CC[C@H]2[C@@H]3CC[C@@H]4[C@H](Br)C(=O)CC[C@]4(C)[C@H]3CC[C@]12C. The van der Waals surface area contributed by atoms with E-state index in [0.717, 1.165) is 31.1 Å². The molecule has 140 valence electrons. The summed E-state index contributed by atoms with van der Waals surface area (Å²) in [7, 11) is 0. The Hall–Kier alpha value is -0.380. The maximum Gasteiger partial charge on any atom is 0.302 e. The number of alkyl halides is 1. The molecule has 0 radical (unpaired) electrons. The Kier molecular flexibility index (Phi) is 4.37. The molecular formula is C21H31BrO3. The molecule has 4 fully saturated rings. The predicted octanol–water partition coefficient (Wildman–Crippen LogP) is 4.90. The first-order valence-corrected chi connectivity index (χ1v) is 11.0. The number of hydrogen-bond acceptors (Lipinski definition) is 3. The molecule has 3 nitrogen and oxygen atoms in total. The topological polar surface area (TPSA) is 43.4 Å². The van der Waals surface area contributed by atoms with E-state index in [2.05, 4.69) is 29.8 Å². The second-order valence-electron chi connectivity index (χ2n) is 9.65. The molecule has 0 unspecified atom stereocenters. The first-order valence-electron chi connectivity index (χ1n) is 10.1. The molecule has 4 saturated carbocycles. The van der Waals surface area contributed by atoms with Crippen molar-refractivity contribution in [3.63, 3.8) is 0 Å². The first-order chi connectivity index (χ1) is 11.8. The zero-order valence-corrected chi connectivity index (χ0v) is 17.3. The number of esters is 1. The lowest BCUT2D eigenvalue weighted by molar-refractivity contribution is -0.161. The summed E-state index contributed by atoms with van der Waals surface area (Å²) >= 11 is 3.74. The minimum absolute atomic E-state index is 0.0675. The summed E-state index contributed by atoms with van der Waals surface area (Å²) in [6.07, 6.45) is 8.96. The van der Waals surface area contributed by atoms with Crippen LogP contribution in [0.4, 0.5) is 0 Å². The van der Waals surface area contributed by atoms with E-state index in [4.69, 9.17) is 4.74 Å². The van der Waals surface area contributed by atoms with E-state index in [0.29, 0.717) is 23.0 Å². The monoisotopic (exact) mass is 410 g/mol. The molecule has 4 heteroatoms. The van der Waals surface area contributed by atoms with Gasteiger partial charge in [-0.2, -0.15) is 0 Å².